The molecule has 0 radical (unpaired) electrons. The first kappa shape index (κ1) is 13.7. The van der Waals surface area contributed by atoms with Crippen molar-refractivity contribution >= 4 is 17.3 Å². The Bertz CT molecular complexity index is 422. The standard InChI is InChI=1S/C14H21ClN2O/c1-9-5-6-17(8-14(9)18)11-3-4-12(10(2)16)13(15)7-11/h3-4,7,9-10,14,18H,5-6,8,16H2,1-2H3. The average Bonchev–Trinajstić information content (AvgIpc) is 2.32. The highest BCUT2D eigenvalue weighted by molar-refractivity contribution is 6.31. The zero-order chi connectivity index (χ0) is 13.3. The highest BCUT2D eigenvalue weighted by atomic mass is 35.5. The van der Waals surface area contributed by atoms with Crippen LogP contribution in [0.5, 0.6) is 0 Å². The van der Waals surface area contributed by atoms with Crippen LogP contribution in [0.25, 0.3) is 0 Å². The first-order chi connectivity index (χ1) is 8.49. The average molecular weight is 269 g/mol. The molecular formula is C14H21ClN2O. The van der Waals surface area contributed by atoms with Crippen LogP contribution >= 0.6 is 11.6 Å². The molecule has 3 nitrogen and oxygen atoms in total. The van der Waals surface area contributed by atoms with Crippen LogP contribution in [0.15, 0.2) is 18.2 Å². The van der Waals surface area contributed by atoms with Crippen LogP contribution in [0.1, 0.15) is 31.9 Å². The molecule has 0 amide bonds. The summed E-state index contributed by atoms with van der Waals surface area (Å²) in [6.45, 7) is 5.66. The van der Waals surface area contributed by atoms with E-state index < -0.39 is 0 Å². The zero-order valence-electron chi connectivity index (χ0n) is 10.9. The SMILES string of the molecule is CC(N)c1ccc(N2CCC(C)C(O)C2)cc1Cl. The molecule has 1 heterocycles. The number of aliphatic hydroxyl groups is 1. The number of rotatable bonds is 2. The number of halogens is 1. The number of nitrogens with two attached hydrogens (primary N) is 1. The maximum atomic E-state index is 9.93. The summed E-state index contributed by atoms with van der Waals surface area (Å²) in [5, 5.41) is 10.6. The van der Waals surface area contributed by atoms with E-state index >= 15 is 0 Å². The molecule has 0 aromatic heterocycles. The van der Waals surface area contributed by atoms with Crippen LogP contribution in [-0.2, 0) is 0 Å². The van der Waals surface area contributed by atoms with Gasteiger partial charge in [-0.15, -0.1) is 0 Å². The summed E-state index contributed by atoms with van der Waals surface area (Å²) in [4.78, 5) is 2.18. The summed E-state index contributed by atoms with van der Waals surface area (Å²) >= 11 is 6.24. The zero-order valence-corrected chi connectivity index (χ0v) is 11.7. The van der Waals surface area contributed by atoms with E-state index in [0.717, 1.165) is 24.2 Å². The monoisotopic (exact) mass is 268 g/mol. The molecule has 1 aliphatic rings. The van der Waals surface area contributed by atoms with Crippen molar-refractivity contribution < 1.29 is 5.11 Å². The van der Waals surface area contributed by atoms with Gasteiger partial charge in [0.15, 0.2) is 0 Å². The highest BCUT2D eigenvalue weighted by Crippen LogP contribution is 2.29. The molecule has 0 spiro atoms. The molecule has 3 unspecified atom stereocenters. The largest absolute Gasteiger partial charge is 0.391 e. The van der Waals surface area contributed by atoms with Gasteiger partial charge >= 0.3 is 0 Å². The second-order valence-corrected chi connectivity index (χ2v) is 5.68. The molecule has 0 saturated carbocycles. The van der Waals surface area contributed by atoms with E-state index in [2.05, 4.69) is 11.8 Å². The van der Waals surface area contributed by atoms with Gasteiger partial charge in [-0.2, -0.15) is 0 Å². The predicted molar refractivity (Wildman–Crippen MR) is 76.1 cm³/mol. The molecular weight excluding hydrogens is 248 g/mol. The minimum absolute atomic E-state index is 0.0569. The number of nitrogens with zero attached hydrogens (tertiary/aromatic N) is 1. The smallest absolute Gasteiger partial charge is 0.0741 e. The van der Waals surface area contributed by atoms with Gasteiger partial charge in [-0.25, -0.2) is 0 Å². The number of piperidine rings is 1. The van der Waals surface area contributed by atoms with E-state index in [0.29, 0.717) is 17.5 Å². The first-order valence-electron chi connectivity index (χ1n) is 6.47. The molecule has 1 saturated heterocycles. The summed E-state index contributed by atoms with van der Waals surface area (Å²) in [7, 11) is 0. The topological polar surface area (TPSA) is 49.5 Å². The Morgan fingerprint density at radius 1 is 1.50 bits per heavy atom. The van der Waals surface area contributed by atoms with Crippen molar-refractivity contribution in [2.75, 3.05) is 18.0 Å². The van der Waals surface area contributed by atoms with Crippen molar-refractivity contribution in [1.82, 2.24) is 0 Å². The fraction of sp³-hybridized carbons (Fsp3) is 0.571. The molecule has 0 aliphatic carbocycles. The molecule has 3 N–H and O–H groups in total. The van der Waals surface area contributed by atoms with E-state index in [9.17, 15) is 5.11 Å². The maximum absolute atomic E-state index is 9.93. The minimum atomic E-state index is -0.259. The predicted octanol–water partition coefficient (Wildman–Crippen LogP) is 2.57. The maximum Gasteiger partial charge on any atom is 0.0741 e. The summed E-state index contributed by atoms with van der Waals surface area (Å²) in [6.07, 6.45) is 0.749. The van der Waals surface area contributed by atoms with Gasteiger partial charge in [0.05, 0.1) is 6.10 Å². The summed E-state index contributed by atoms with van der Waals surface area (Å²) in [6, 6.07) is 5.90. The van der Waals surface area contributed by atoms with E-state index in [1.807, 2.05) is 25.1 Å². The molecule has 0 bridgehead atoms. The van der Waals surface area contributed by atoms with Crippen LogP contribution < -0.4 is 10.6 Å². The van der Waals surface area contributed by atoms with Gasteiger partial charge in [0.1, 0.15) is 0 Å². The number of hydrogen-bond donors (Lipinski definition) is 2. The number of anilines is 1. The van der Waals surface area contributed by atoms with Crippen molar-refractivity contribution in [3.63, 3.8) is 0 Å². The Balaban J connectivity index is 2.17. The van der Waals surface area contributed by atoms with Gasteiger partial charge in [0.25, 0.3) is 0 Å². The molecule has 1 aliphatic heterocycles. The van der Waals surface area contributed by atoms with Crippen LogP contribution in [0.4, 0.5) is 5.69 Å². The molecule has 18 heavy (non-hydrogen) atoms. The number of benzene rings is 1. The third-order valence-electron chi connectivity index (χ3n) is 3.76. The first-order valence-corrected chi connectivity index (χ1v) is 6.85. The van der Waals surface area contributed by atoms with Crippen LogP contribution in [-0.4, -0.2) is 24.3 Å². The van der Waals surface area contributed by atoms with Crippen molar-refractivity contribution in [3.05, 3.63) is 28.8 Å². The molecule has 2 rings (SSSR count). The second kappa shape index (κ2) is 5.47. The van der Waals surface area contributed by atoms with Crippen LogP contribution in [0, 0.1) is 5.92 Å². The van der Waals surface area contributed by atoms with Crippen molar-refractivity contribution in [3.8, 4) is 0 Å². The fourth-order valence-corrected chi connectivity index (χ4v) is 2.71. The Kier molecular flexibility index (Phi) is 4.15. The van der Waals surface area contributed by atoms with Gasteiger partial charge < -0.3 is 15.7 Å². The van der Waals surface area contributed by atoms with Gasteiger partial charge in [-0.05, 0) is 37.0 Å². The van der Waals surface area contributed by atoms with Crippen molar-refractivity contribution in [2.45, 2.75) is 32.4 Å². The van der Waals surface area contributed by atoms with Gasteiger partial charge in [0, 0.05) is 29.8 Å². The molecule has 100 valence electrons. The van der Waals surface area contributed by atoms with Crippen molar-refractivity contribution in [1.29, 1.82) is 0 Å². The Hall–Kier alpha value is -0.770. The molecule has 1 fully saturated rings. The van der Waals surface area contributed by atoms with Crippen molar-refractivity contribution in [2.24, 2.45) is 11.7 Å². The normalized spacial score (nSPS) is 26.2. The molecule has 1 aromatic carbocycles. The van der Waals surface area contributed by atoms with E-state index in [4.69, 9.17) is 17.3 Å². The highest BCUT2D eigenvalue weighted by Gasteiger charge is 2.24. The van der Waals surface area contributed by atoms with E-state index in [1.165, 1.54) is 0 Å². The number of β-amino-alcohol motifs (C(OH)–C–C–N with tert-alkyl or cyclic N) is 1. The number of hydrogen-bond acceptors (Lipinski definition) is 3. The lowest BCUT2D eigenvalue weighted by atomic mass is 9.95. The van der Waals surface area contributed by atoms with Gasteiger partial charge in [-0.3, -0.25) is 0 Å². The lowest BCUT2D eigenvalue weighted by Gasteiger charge is -2.36. The second-order valence-electron chi connectivity index (χ2n) is 5.27. The fourth-order valence-electron chi connectivity index (χ4n) is 2.37. The van der Waals surface area contributed by atoms with Gasteiger partial charge in [-0.1, -0.05) is 24.6 Å². The molecule has 4 heteroatoms. The Morgan fingerprint density at radius 3 is 2.78 bits per heavy atom. The summed E-state index contributed by atoms with van der Waals surface area (Å²) in [5.41, 5.74) is 7.87. The lowest BCUT2D eigenvalue weighted by molar-refractivity contribution is 0.103. The van der Waals surface area contributed by atoms with Crippen LogP contribution in [0.3, 0.4) is 0 Å². The third kappa shape index (κ3) is 2.79. The summed E-state index contributed by atoms with van der Waals surface area (Å²) in [5.74, 6) is 0.375. The quantitative estimate of drug-likeness (QED) is 0.867. The summed E-state index contributed by atoms with van der Waals surface area (Å²) < 4.78 is 0. The van der Waals surface area contributed by atoms with Crippen LogP contribution in [0.2, 0.25) is 5.02 Å². The third-order valence-corrected chi connectivity index (χ3v) is 4.09. The Labute approximate surface area is 114 Å². The minimum Gasteiger partial charge on any atom is -0.391 e. The van der Waals surface area contributed by atoms with E-state index in [1.54, 1.807) is 0 Å². The lowest BCUT2D eigenvalue weighted by Crippen LogP contribution is -2.42. The van der Waals surface area contributed by atoms with E-state index in [-0.39, 0.29) is 12.1 Å². The number of aliphatic hydroxyl groups excluding tert-OH is 1. The van der Waals surface area contributed by atoms with Gasteiger partial charge in [0.2, 0.25) is 0 Å². The Morgan fingerprint density at radius 2 is 2.22 bits per heavy atom. The molecule has 3 atom stereocenters. The molecule has 1 aromatic rings.